The third kappa shape index (κ3) is 1.62. The quantitative estimate of drug-likeness (QED) is 0.754. The molecule has 0 aromatic rings. The minimum absolute atomic E-state index is 0.0475. The summed E-state index contributed by atoms with van der Waals surface area (Å²) >= 11 is 0. The summed E-state index contributed by atoms with van der Waals surface area (Å²) in [5, 5.41) is 20.2. The summed E-state index contributed by atoms with van der Waals surface area (Å²) in [6.07, 6.45) is 6.09. The van der Waals surface area contributed by atoms with Gasteiger partial charge in [0.1, 0.15) is 0 Å². The summed E-state index contributed by atoms with van der Waals surface area (Å²) in [6.45, 7) is 4.26. The van der Waals surface area contributed by atoms with Crippen LogP contribution in [0.25, 0.3) is 0 Å². The molecule has 0 spiro atoms. The van der Waals surface area contributed by atoms with Crippen LogP contribution in [0.2, 0.25) is 0 Å². The lowest BCUT2D eigenvalue weighted by Crippen LogP contribution is -2.44. The lowest BCUT2D eigenvalue weighted by atomic mass is 9.61. The van der Waals surface area contributed by atoms with Crippen LogP contribution in [0.3, 0.4) is 0 Å². The molecule has 88 valence electrons. The van der Waals surface area contributed by atoms with Crippen molar-refractivity contribution in [3.05, 3.63) is 0 Å². The summed E-state index contributed by atoms with van der Waals surface area (Å²) in [6, 6.07) is 0. The minimum atomic E-state index is -0.489. The largest absolute Gasteiger partial charge is 0.390 e. The molecule has 0 aliphatic heterocycles. The fraction of sp³-hybridized carbons (Fsp3) is 1.00. The van der Waals surface area contributed by atoms with E-state index in [2.05, 4.69) is 13.8 Å². The molecular weight excluding hydrogens is 188 g/mol. The molecule has 2 saturated carbocycles. The topological polar surface area (TPSA) is 40.5 Å². The van der Waals surface area contributed by atoms with Crippen LogP contribution in [0.15, 0.2) is 0 Å². The Labute approximate surface area is 92.7 Å². The van der Waals surface area contributed by atoms with Crippen LogP contribution in [-0.2, 0) is 0 Å². The van der Waals surface area contributed by atoms with Crippen LogP contribution in [0.5, 0.6) is 0 Å². The van der Waals surface area contributed by atoms with E-state index in [-0.39, 0.29) is 11.3 Å². The molecule has 4 atom stereocenters. The van der Waals surface area contributed by atoms with E-state index in [1.54, 1.807) is 0 Å². The van der Waals surface area contributed by atoms with Gasteiger partial charge in [-0.1, -0.05) is 26.7 Å². The van der Waals surface area contributed by atoms with E-state index in [1.165, 1.54) is 19.3 Å². The highest BCUT2D eigenvalue weighted by atomic mass is 16.3. The third-order valence-electron chi connectivity index (χ3n) is 4.83. The highest BCUT2D eigenvalue weighted by Crippen LogP contribution is 2.56. The van der Waals surface area contributed by atoms with Gasteiger partial charge in [-0.3, -0.25) is 0 Å². The lowest BCUT2D eigenvalue weighted by molar-refractivity contribution is -0.0738. The summed E-state index contributed by atoms with van der Waals surface area (Å²) < 4.78 is 0. The Morgan fingerprint density at radius 2 is 1.93 bits per heavy atom. The highest BCUT2D eigenvalue weighted by Gasteiger charge is 2.55. The Hall–Kier alpha value is -0.0800. The summed E-state index contributed by atoms with van der Waals surface area (Å²) in [4.78, 5) is 0. The molecule has 2 N–H and O–H groups in total. The van der Waals surface area contributed by atoms with E-state index in [0.29, 0.717) is 5.92 Å². The van der Waals surface area contributed by atoms with Gasteiger partial charge < -0.3 is 10.2 Å². The number of rotatable bonds is 3. The molecule has 0 heterocycles. The average molecular weight is 212 g/mol. The van der Waals surface area contributed by atoms with Gasteiger partial charge in [-0.2, -0.15) is 0 Å². The Balaban J connectivity index is 2.18. The van der Waals surface area contributed by atoms with Crippen LogP contribution in [0.4, 0.5) is 0 Å². The van der Waals surface area contributed by atoms with Gasteiger partial charge in [-0.05, 0) is 37.5 Å². The molecule has 2 aliphatic rings. The second-order valence-electron chi connectivity index (χ2n) is 5.73. The van der Waals surface area contributed by atoms with E-state index in [0.717, 1.165) is 19.3 Å². The Morgan fingerprint density at radius 3 is 2.27 bits per heavy atom. The molecule has 2 aliphatic carbocycles. The SMILES string of the molecule is CCC[C@@]1(C2CCC2)C[C@@H](C)[C@H](O)[C@@H]1O. The van der Waals surface area contributed by atoms with Crippen molar-refractivity contribution < 1.29 is 10.2 Å². The fourth-order valence-electron chi connectivity index (χ4n) is 3.80. The van der Waals surface area contributed by atoms with Crippen LogP contribution >= 0.6 is 0 Å². The molecule has 0 saturated heterocycles. The van der Waals surface area contributed by atoms with Crippen molar-refractivity contribution in [2.75, 3.05) is 0 Å². The van der Waals surface area contributed by atoms with Crippen LogP contribution < -0.4 is 0 Å². The first-order valence-corrected chi connectivity index (χ1v) is 6.48. The van der Waals surface area contributed by atoms with Gasteiger partial charge in [-0.15, -0.1) is 0 Å². The second-order valence-corrected chi connectivity index (χ2v) is 5.73. The summed E-state index contributed by atoms with van der Waals surface area (Å²) in [5.41, 5.74) is 0.0475. The van der Waals surface area contributed by atoms with Crippen molar-refractivity contribution in [3.63, 3.8) is 0 Å². The first-order valence-electron chi connectivity index (χ1n) is 6.48. The zero-order valence-electron chi connectivity index (χ0n) is 9.95. The lowest BCUT2D eigenvalue weighted by Gasteiger charge is -2.45. The minimum Gasteiger partial charge on any atom is -0.390 e. The van der Waals surface area contributed by atoms with Crippen molar-refractivity contribution in [1.82, 2.24) is 0 Å². The molecule has 2 rings (SSSR count). The number of aliphatic hydroxyl groups excluding tert-OH is 2. The maximum Gasteiger partial charge on any atom is 0.0860 e. The van der Waals surface area contributed by atoms with Crippen molar-refractivity contribution >= 4 is 0 Å². The van der Waals surface area contributed by atoms with Gasteiger partial charge in [0.25, 0.3) is 0 Å². The van der Waals surface area contributed by atoms with E-state index in [9.17, 15) is 10.2 Å². The monoisotopic (exact) mass is 212 g/mol. The van der Waals surface area contributed by atoms with Gasteiger partial charge in [0, 0.05) is 5.41 Å². The second kappa shape index (κ2) is 4.06. The van der Waals surface area contributed by atoms with Crippen LogP contribution in [-0.4, -0.2) is 22.4 Å². The number of aliphatic hydroxyl groups is 2. The molecule has 15 heavy (non-hydrogen) atoms. The van der Waals surface area contributed by atoms with Gasteiger partial charge in [0.2, 0.25) is 0 Å². The molecule has 2 heteroatoms. The van der Waals surface area contributed by atoms with Crippen molar-refractivity contribution in [2.45, 2.75) is 64.6 Å². The summed E-state index contributed by atoms with van der Waals surface area (Å²) in [7, 11) is 0. The third-order valence-corrected chi connectivity index (χ3v) is 4.83. The van der Waals surface area contributed by atoms with E-state index in [1.807, 2.05) is 0 Å². The first-order chi connectivity index (χ1) is 7.12. The Kier molecular flexibility index (Phi) is 3.09. The molecule has 2 nitrogen and oxygen atoms in total. The molecule has 0 aromatic carbocycles. The van der Waals surface area contributed by atoms with Crippen molar-refractivity contribution in [3.8, 4) is 0 Å². The normalized spacial score (nSPS) is 46.8. The molecule has 0 amide bonds. The van der Waals surface area contributed by atoms with E-state index < -0.39 is 12.2 Å². The highest BCUT2D eigenvalue weighted by molar-refractivity contribution is 5.05. The molecule has 0 aromatic heterocycles. The Bertz CT molecular complexity index is 225. The van der Waals surface area contributed by atoms with E-state index in [4.69, 9.17) is 0 Å². The van der Waals surface area contributed by atoms with Crippen LogP contribution in [0, 0.1) is 17.3 Å². The van der Waals surface area contributed by atoms with Gasteiger partial charge in [0.15, 0.2) is 0 Å². The Morgan fingerprint density at radius 1 is 1.27 bits per heavy atom. The number of hydrogen-bond donors (Lipinski definition) is 2. The van der Waals surface area contributed by atoms with Crippen molar-refractivity contribution in [2.24, 2.45) is 17.3 Å². The first kappa shape index (κ1) is 11.4. The predicted molar refractivity (Wildman–Crippen MR) is 60.5 cm³/mol. The average Bonchev–Trinajstić information content (AvgIpc) is 2.29. The van der Waals surface area contributed by atoms with Gasteiger partial charge in [-0.25, -0.2) is 0 Å². The fourth-order valence-corrected chi connectivity index (χ4v) is 3.80. The van der Waals surface area contributed by atoms with Gasteiger partial charge in [0.05, 0.1) is 12.2 Å². The molecule has 0 bridgehead atoms. The predicted octanol–water partition coefficient (Wildman–Crippen LogP) is 2.33. The van der Waals surface area contributed by atoms with Crippen molar-refractivity contribution in [1.29, 1.82) is 0 Å². The molecule has 0 radical (unpaired) electrons. The molecule has 0 unspecified atom stereocenters. The standard InChI is InChI=1S/C13H24O2/c1-3-7-13(10-5-4-6-10)8-9(2)11(14)12(13)15/h9-12,14-15H,3-8H2,1-2H3/t9-,11+,12+,13+/m1/s1. The van der Waals surface area contributed by atoms with E-state index >= 15 is 0 Å². The number of hydrogen-bond acceptors (Lipinski definition) is 2. The maximum atomic E-state index is 10.3. The zero-order valence-corrected chi connectivity index (χ0v) is 9.95. The smallest absolute Gasteiger partial charge is 0.0860 e. The zero-order chi connectivity index (χ0) is 11.1. The van der Waals surface area contributed by atoms with Gasteiger partial charge >= 0.3 is 0 Å². The summed E-state index contributed by atoms with van der Waals surface area (Å²) in [5.74, 6) is 0.944. The molecular formula is C13H24O2. The van der Waals surface area contributed by atoms with Crippen LogP contribution in [0.1, 0.15) is 52.4 Å². The maximum absolute atomic E-state index is 10.3. The molecule has 2 fully saturated rings.